The fourth-order valence-corrected chi connectivity index (χ4v) is 4.17. The van der Waals surface area contributed by atoms with Gasteiger partial charge in [-0.1, -0.05) is 17.7 Å². The van der Waals surface area contributed by atoms with Crippen molar-refractivity contribution in [3.05, 3.63) is 58.9 Å². The SMILES string of the molecule is Cc1ccc(S(=O)(=O)N=C2S/C(=C\c3ccco3)C(=O)N2C)cc1. The number of amidine groups is 1. The predicted octanol–water partition coefficient (Wildman–Crippen LogP) is 2.88. The van der Waals surface area contributed by atoms with Crippen LogP contribution in [0.3, 0.4) is 0 Å². The van der Waals surface area contributed by atoms with E-state index in [1.54, 1.807) is 30.3 Å². The fourth-order valence-electron chi connectivity index (χ4n) is 2.00. The molecule has 0 bridgehead atoms. The molecule has 1 aliphatic rings. The number of carbonyl (C=O) groups is 1. The summed E-state index contributed by atoms with van der Waals surface area (Å²) in [6.45, 7) is 1.87. The van der Waals surface area contributed by atoms with Crippen molar-refractivity contribution in [2.75, 3.05) is 7.05 Å². The van der Waals surface area contributed by atoms with Gasteiger partial charge in [-0.15, -0.1) is 4.40 Å². The number of nitrogens with zero attached hydrogens (tertiary/aromatic N) is 2. The van der Waals surface area contributed by atoms with E-state index in [0.717, 1.165) is 17.3 Å². The smallest absolute Gasteiger partial charge is 0.284 e. The molecule has 1 fully saturated rings. The van der Waals surface area contributed by atoms with Gasteiger partial charge in [0.15, 0.2) is 5.17 Å². The molecule has 0 atom stereocenters. The number of likely N-dealkylation sites (N-methyl/N-ethyl adjacent to an activating group) is 1. The lowest BCUT2D eigenvalue weighted by Crippen LogP contribution is -2.24. The zero-order valence-electron chi connectivity index (χ0n) is 13.0. The van der Waals surface area contributed by atoms with E-state index in [0.29, 0.717) is 10.7 Å². The van der Waals surface area contributed by atoms with Crippen LogP contribution in [0.5, 0.6) is 0 Å². The number of benzene rings is 1. The average Bonchev–Trinajstić information content (AvgIpc) is 3.13. The molecule has 1 aromatic heterocycles. The van der Waals surface area contributed by atoms with Gasteiger partial charge in [0.25, 0.3) is 15.9 Å². The zero-order chi connectivity index (χ0) is 17.3. The van der Waals surface area contributed by atoms with Gasteiger partial charge in [-0.05, 0) is 43.0 Å². The molecule has 0 spiro atoms. The number of aryl methyl sites for hydroxylation is 1. The Morgan fingerprint density at radius 3 is 2.54 bits per heavy atom. The number of sulfonamides is 1. The van der Waals surface area contributed by atoms with Gasteiger partial charge in [-0.2, -0.15) is 8.42 Å². The van der Waals surface area contributed by atoms with E-state index in [4.69, 9.17) is 4.42 Å². The van der Waals surface area contributed by atoms with Gasteiger partial charge in [0.1, 0.15) is 5.76 Å². The molecule has 1 aromatic carbocycles. The first-order chi connectivity index (χ1) is 11.4. The predicted molar refractivity (Wildman–Crippen MR) is 92.8 cm³/mol. The normalized spacial score (nSPS) is 18.8. The zero-order valence-corrected chi connectivity index (χ0v) is 14.6. The molecular formula is C16H14N2O4S2. The first-order valence-corrected chi connectivity index (χ1v) is 9.25. The standard InChI is InChI=1S/C16H14N2O4S2/c1-11-5-7-13(8-6-11)24(20,21)17-16-18(2)15(19)14(23-16)10-12-4-3-9-22-12/h3-10H,1-2H3/b14-10-,17-16?. The molecule has 6 nitrogen and oxygen atoms in total. The number of hydrogen-bond donors (Lipinski definition) is 0. The summed E-state index contributed by atoms with van der Waals surface area (Å²) in [7, 11) is -2.39. The molecule has 0 saturated carbocycles. The second-order valence-electron chi connectivity index (χ2n) is 5.15. The Bertz CT molecular complexity index is 927. The minimum atomic E-state index is -3.88. The van der Waals surface area contributed by atoms with Crippen LogP contribution in [0.2, 0.25) is 0 Å². The van der Waals surface area contributed by atoms with Crippen LogP contribution >= 0.6 is 11.8 Å². The van der Waals surface area contributed by atoms with Crippen molar-refractivity contribution in [1.29, 1.82) is 0 Å². The van der Waals surface area contributed by atoms with Crippen LogP contribution in [0.25, 0.3) is 6.08 Å². The molecular weight excluding hydrogens is 348 g/mol. The summed E-state index contributed by atoms with van der Waals surface area (Å²) in [6, 6.07) is 9.81. The van der Waals surface area contributed by atoms with Crippen molar-refractivity contribution in [1.82, 2.24) is 4.90 Å². The molecule has 0 radical (unpaired) electrons. The van der Waals surface area contributed by atoms with E-state index in [9.17, 15) is 13.2 Å². The Hall–Kier alpha value is -2.32. The van der Waals surface area contributed by atoms with Crippen LogP contribution < -0.4 is 0 Å². The second-order valence-corrected chi connectivity index (χ2v) is 7.77. The van der Waals surface area contributed by atoms with Gasteiger partial charge in [0.05, 0.1) is 16.1 Å². The molecule has 1 saturated heterocycles. The Balaban J connectivity index is 1.93. The maximum absolute atomic E-state index is 12.4. The van der Waals surface area contributed by atoms with Gasteiger partial charge >= 0.3 is 0 Å². The number of carbonyl (C=O) groups excluding carboxylic acids is 1. The molecule has 0 N–H and O–H groups in total. The first-order valence-electron chi connectivity index (χ1n) is 6.99. The third-order valence-corrected chi connectivity index (χ3v) is 5.79. The van der Waals surface area contributed by atoms with Crippen molar-refractivity contribution in [3.8, 4) is 0 Å². The van der Waals surface area contributed by atoms with Crippen LogP contribution in [0, 0.1) is 6.92 Å². The Kier molecular flexibility index (Phi) is 4.33. The second kappa shape index (κ2) is 6.29. The largest absolute Gasteiger partial charge is 0.465 e. The Morgan fingerprint density at radius 2 is 1.92 bits per heavy atom. The minimum absolute atomic E-state index is 0.0884. The van der Waals surface area contributed by atoms with Crippen LogP contribution in [-0.2, 0) is 14.8 Å². The van der Waals surface area contributed by atoms with Crippen molar-refractivity contribution >= 4 is 38.9 Å². The summed E-state index contributed by atoms with van der Waals surface area (Å²) in [5.74, 6) is 0.191. The summed E-state index contributed by atoms with van der Waals surface area (Å²) in [5.41, 5.74) is 0.952. The summed E-state index contributed by atoms with van der Waals surface area (Å²) in [6.07, 6.45) is 3.06. The fraction of sp³-hybridized carbons (Fsp3) is 0.125. The molecule has 0 aliphatic carbocycles. The Morgan fingerprint density at radius 1 is 1.21 bits per heavy atom. The van der Waals surface area contributed by atoms with E-state index in [1.807, 2.05) is 6.92 Å². The van der Waals surface area contributed by atoms with Crippen LogP contribution in [0.1, 0.15) is 11.3 Å². The minimum Gasteiger partial charge on any atom is -0.465 e. The highest BCUT2D eigenvalue weighted by atomic mass is 32.2. The van der Waals surface area contributed by atoms with Gasteiger partial charge < -0.3 is 4.42 Å². The summed E-state index contributed by atoms with van der Waals surface area (Å²) < 4.78 is 33.8. The van der Waals surface area contributed by atoms with Gasteiger partial charge in [0, 0.05) is 13.1 Å². The number of hydrogen-bond acceptors (Lipinski definition) is 5. The van der Waals surface area contributed by atoms with Crippen molar-refractivity contribution < 1.29 is 17.6 Å². The van der Waals surface area contributed by atoms with Gasteiger partial charge in [-0.25, -0.2) is 0 Å². The van der Waals surface area contributed by atoms with Crippen molar-refractivity contribution in [2.45, 2.75) is 11.8 Å². The lowest BCUT2D eigenvalue weighted by molar-refractivity contribution is -0.121. The van der Waals surface area contributed by atoms with E-state index in [2.05, 4.69) is 4.40 Å². The van der Waals surface area contributed by atoms with E-state index in [-0.39, 0.29) is 16.0 Å². The molecule has 0 unspecified atom stereocenters. The number of amides is 1. The summed E-state index contributed by atoms with van der Waals surface area (Å²) in [4.78, 5) is 13.9. The highest BCUT2D eigenvalue weighted by Gasteiger charge is 2.32. The topological polar surface area (TPSA) is 80.0 Å². The highest BCUT2D eigenvalue weighted by Crippen LogP contribution is 2.32. The third-order valence-electron chi connectivity index (χ3n) is 3.34. The van der Waals surface area contributed by atoms with E-state index in [1.165, 1.54) is 30.3 Å². The number of thioether (sulfide) groups is 1. The first kappa shape index (κ1) is 16.5. The van der Waals surface area contributed by atoms with Crippen LogP contribution in [0.15, 0.2) is 61.3 Å². The van der Waals surface area contributed by atoms with Crippen molar-refractivity contribution in [2.24, 2.45) is 4.40 Å². The van der Waals surface area contributed by atoms with E-state index < -0.39 is 10.0 Å². The van der Waals surface area contributed by atoms with Gasteiger partial charge in [0.2, 0.25) is 0 Å². The number of rotatable bonds is 3. The van der Waals surface area contributed by atoms with E-state index >= 15 is 0 Å². The van der Waals surface area contributed by atoms with Crippen LogP contribution in [0.4, 0.5) is 0 Å². The molecule has 8 heteroatoms. The summed E-state index contributed by atoms with van der Waals surface area (Å²) in [5, 5.41) is 0.110. The van der Waals surface area contributed by atoms with Crippen molar-refractivity contribution in [3.63, 3.8) is 0 Å². The lowest BCUT2D eigenvalue weighted by Gasteiger charge is -2.07. The monoisotopic (exact) mass is 362 g/mol. The quantitative estimate of drug-likeness (QED) is 0.785. The maximum atomic E-state index is 12.4. The highest BCUT2D eigenvalue weighted by molar-refractivity contribution is 8.19. The average molecular weight is 362 g/mol. The summed E-state index contributed by atoms with van der Waals surface area (Å²) >= 11 is 0.998. The molecule has 2 aromatic rings. The maximum Gasteiger partial charge on any atom is 0.284 e. The lowest BCUT2D eigenvalue weighted by atomic mass is 10.2. The van der Waals surface area contributed by atoms with Crippen LogP contribution in [-0.4, -0.2) is 31.4 Å². The molecule has 124 valence electrons. The number of furan rings is 1. The molecule has 1 aliphatic heterocycles. The molecule has 24 heavy (non-hydrogen) atoms. The van der Waals surface area contributed by atoms with Gasteiger partial charge in [-0.3, -0.25) is 9.69 Å². The Labute approximate surface area is 143 Å². The molecule has 2 heterocycles. The molecule has 1 amide bonds. The molecule has 3 rings (SSSR count). The third kappa shape index (κ3) is 3.29.